The average Bonchev–Trinajstić information content (AvgIpc) is 3.29. The van der Waals surface area contributed by atoms with Crippen LogP contribution in [-0.4, -0.2) is 47.2 Å². The summed E-state index contributed by atoms with van der Waals surface area (Å²) in [6.45, 7) is 3.02. The minimum atomic E-state index is -0.852. The van der Waals surface area contributed by atoms with Gasteiger partial charge in [-0.15, -0.1) is 12.4 Å². The van der Waals surface area contributed by atoms with Crippen molar-refractivity contribution in [2.45, 2.75) is 69.9 Å². The van der Waals surface area contributed by atoms with Crippen molar-refractivity contribution in [3.63, 3.8) is 0 Å². The summed E-state index contributed by atoms with van der Waals surface area (Å²) in [6, 6.07) is 7.26. The molecule has 150 valence electrons. The molecule has 0 radical (unpaired) electrons. The van der Waals surface area contributed by atoms with Crippen LogP contribution in [0.2, 0.25) is 0 Å². The Kier molecular flexibility index (Phi) is 6.69. The molecule has 4 rings (SSSR count). The van der Waals surface area contributed by atoms with Crippen molar-refractivity contribution in [3.8, 4) is 0 Å². The Bertz CT molecular complexity index is 660. The van der Waals surface area contributed by atoms with Crippen LogP contribution in [0.25, 0.3) is 0 Å². The molecule has 0 aromatic heterocycles. The van der Waals surface area contributed by atoms with Crippen molar-refractivity contribution < 1.29 is 9.90 Å². The molecule has 4 nitrogen and oxygen atoms in total. The van der Waals surface area contributed by atoms with Crippen molar-refractivity contribution in [2.24, 2.45) is 5.92 Å². The van der Waals surface area contributed by atoms with Crippen LogP contribution in [-0.2, 0) is 13.0 Å². The third-order valence-electron chi connectivity index (χ3n) is 7.09. The van der Waals surface area contributed by atoms with Crippen LogP contribution in [0.15, 0.2) is 18.2 Å². The molecule has 3 aliphatic rings. The summed E-state index contributed by atoms with van der Waals surface area (Å²) in [5.74, 6) is 1.63. The molecule has 1 saturated heterocycles. The summed E-state index contributed by atoms with van der Waals surface area (Å²) < 4.78 is 0. The number of carbonyl (C=O) groups is 1. The van der Waals surface area contributed by atoms with Gasteiger partial charge in [-0.25, -0.2) is 4.79 Å². The molecule has 2 aliphatic carbocycles. The minimum absolute atomic E-state index is 0. The van der Waals surface area contributed by atoms with Gasteiger partial charge in [-0.3, -0.25) is 4.90 Å². The van der Waals surface area contributed by atoms with Gasteiger partial charge >= 0.3 is 6.09 Å². The number of hydrogen-bond donors (Lipinski definition) is 1. The second kappa shape index (κ2) is 8.83. The fourth-order valence-corrected chi connectivity index (χ4v) is 5.66. The summed E-state index contributed by atoms with van der Waals surface area (Å²) in [5.41, 5.74) is 4.13. The maximum Gasteiger partial charge on any atom is 0.407 e. The van der Waals surface area contributed by atoms with Crippen LogP contribution < -0.4 is 0 Å². The van der Waals surface area contributed by atoms with Crippen LogP contribution in [0.3, 0.4) is 0 Å². The van der Waals surface area contributed by atoms with Crippen molar-refractivity contribution in [3.05, 3.63) is 34.9 Å². The van der Waals surface area contributed by atoms with Crippen LogP contribution in [0.4, 0.5) is 4.79 Å². The van der Waals surface area contributed by atoms with Gasteiger partial charge in [0.05, 0.1) is 0 Å². The summed E-state index contributed by atoms with van der Waals surface area (Å²) >= 11 is 0. The molecular weight excluding hydrogens is 360 g/mol. The Hall–Kier alpha value is -1.26. The maximum absolute atomic E-state index is 11.2. The van der Waals surface area contributed by atoms with E-state index < -0.39 is 6.09 Å². The number of benzene rings is 1. The van der Waals surface area contributed by atoms with Gasteiger partial charge in [0.15, 0.2) is 0 Å². The SMILES string of the molecule is CN(Cc1cccc2c1CC[C@H]1[C@@H]2CCN1CCC1CCCC1)C(=O)O.Cl. The van der Waals surface area contributed by atoms with E-state index in [9.17, 15) is 9.90 Å². The number of fused-ring (bicyclic) bond motifs is 3. The van der Waals surface area contributed by atoms with Gasteiger partial charge in [0.2, 0.25) is 0 Å². The quantitative estimate of drug-likeness (QED) is 0.774. The molecule has 5 heteroatoms. The number of nitrogens with zero attached hydrogens (tertiary/aromatic N) is 2. The lowest BCUT2D eigenvalue weighted by atomic mass is 9.77. The highest BCUT2D eigenvalue weighted by Crippen LogP contribution is 2.43. The minimum Gasteiger partial charge on any atom is -0.465 e. The molecule has 1 heterocycles. The summed E-state index contributed by atoms with van der Waals surface area (Å²) in [4.78, 5) is 15.4. The molecule has 0 bridgehead atoms. The predicted molar refractivity (Wildman–Crippen MR) is 111 cm³/mol. The van der Waals surface area contributed by atoms with E-state index >= 15 is 0 Å². The molecule has 0 spiro atoms. The molecular formula is C22H33ClN2O2. The lowest BCUT2D eigenvalue weighted by molar-refractivity contribution is 0.153. The van der Waals surface area contributed by atoms with Gasteiger partial charge in [-0.05, 0) is 61.4 Å². The number of amides is 1. The van der Waals surface area contributed by atoms with Crippen molar-refractivity contribution in [2.75, 3.05) is 20.1 Å². The van der Waals surface area contributed by atoms with Crippen molar-refractivity contribution in [1.82, 2.24) is 9.80 Å². The average molecular weight is 393 g/mol. The number of halogens is 1. The Morgan fingerprint density at radius 1 is 1.22 bits per heavy atom. The second-order valence-corrected chi connectivity index (χ2v) is 8.60. The fraction of sp³-hybridized carbons (Fsp3) is 0.682. The molecule has 1 saturated carbocycles. The highest BCUT2D eigenvalue weighted by Gasteiger charge is 2.39. The smallest absolute Gasteiger partial charge is 0.407 e. The normalized spacial score (nSPS) is 24.9. The van der Waals surface area contributed by atoms with E-state index in [-0.39, 0.29) is 12.4 Å². The fourth-order valence-electron chi connectivity index (χ4n) is 5.66. The molecule has 0 unspecified atom stereocenters. The van der Waals surface area contributed by atoms with Gasteiger partial charge in [-0.1, -0.05) is 43.9 Å². The zero-order valence-corrected chi connectivity index (χ0v) is 17.2. The number of carboxylic acid groups (broad SMARTS) is 1. The zero-order chi connectivity index (χ0) is 18.1. The highest BCUT2D eigenvalue weighted by atomic mass is 35.5. The third kappa shape index (κ3) is 4.27. The Labute approximate surface area is 169 Å². The molecule has 1 N–H and O–H groups in total. The van der Waals surface area contributed by atoms with Gasteiger partial charge < -0.3 is 10.0 Å². The van der Waals surface area contributed by atoms with Gasteiger partial charge in [0, 0.05) is 25.6 Å². The summed E-state index contributed by atoms with van der Waals surface area (Å²) in [5, 5.41) is 9.20. The molecule has 2 atom stereocenters. The number of hydrogen-bond acceptors (Lipinski definition) is 2. The summed E-state index contributed by atoms with van der Waals surface area (Å²) in [7, 11) is 1.66. The Morgan fingerprint density at radius 2 is 2.00 bits per heavy atom. The van der Waals surface area contributed by atoms with E-state index in [1.54, 1.807) is 7.05 Å². The predicted octanol–water partition coefficient (Wildman–Crippen LogP) is 4.90. The van der Waals surface area contributed by atoms with Crippen LogP contribution in [0.5, 0.6) is 0 Å². The molecule has 2 fully saturated rings. The summed E-state index contributed by atoms with van der Waals surface area (Å²) in [6.07, 6.45) is 9.91. The molecule has 27 heavy (non-hydrogen) atoms. The van der Waals surface area contributed by atoms with Gasteiger partial charge in [0.25, 0.3) is 0 Å². The highest BCUT2D eigenvalue weighted by molar-refractivity contribution is 5.85. The van der Waals surface area contributed by atoms with E-state index in [0.29, 0.717) is 18.5 Å². The lowest BCUT2D eigenvalue weighted by Crippen LogP contribution is -2.36. The Balaban J connectivity index is 0.00000210. The molecule has 1 aromatic carbocycles. The molecule has 1 aromatic rings. The van der Waals surface area contributed by atoms with E-state index in [1.165, 1.54) is 79.6 Å². The largest absolute Gasteiger partial charge is 0.465 e. The van der Waals surface area contributed by atoms with Crippen molar-refractivity contribution >= 4 is 18.5 Å². The first-order valence-corrected chi connectivity index (χ1v) is 10.4. The standard InChI is InChI=1S/C22H32N2O2.ClH/c1-23(22(25)26)15-17-7-4-8-19-18(17)9-10-21-20(19)12-14-24(21)13-11-16-5-2-3-6-16;/h4,7-8,16,20-21H,2-3,5-6,9-15H2,1H3,(H,25,26);1H/t20-,21+;/m1./s1. The number of likely N-dealkylation sites (tertiary alicyclic amines) is 1. The first-order valence-electron chi connectivity index (χ1n) is 10.4. The first kappa shape index (κ1) is 20.5. The van der Waals surface area contributed by atoms with Crippen LogP contribution >= 0.6 is 12.4 Å². The maximum atomic E-state index is 11.2. The van der Waals surface area contributed by atoms with Crippen LogP contribution in [0, 0.1) is 5.92 Å². The zero-order valence-electron chi connectivity index (χ0n) is 16.4. The van der Waals surface area contributed by atoms with E-state index in [4.69, 9.17) is 0 Å². The third-order valence-corrected chi connectivity index (χ3v) is 7.09. The molecule has 1 aliphatic heterocycles. The van der Waals surface area contributed by atoms with E-state index in [0.717, 1.165) is 12.3 Å². The first-order chi connectivity index (χ1) is 12.6. The van der Waals surface area contributed by atoms with Gasteiger partial charge in [0.1, 0.15) is 0 Å². The monoisotopic (exact) mass is 392 g/mol. The van der Waals surface area contributed by atoms with Gasteiger partial charge in [-0.2, -0.15) is 0 Å². The lowest BCUT2D eigenvalue weighted by Gasteiger charge is -2.35. The second-order valence-electron chi connectivity index (χ2n) is 8.60. The van der Waals surface area contributed by atoms with E-state index in [1.807, 2.05) is 0 Å². The Morgan fingerprint density at radius 3 is 2.74 bits per heavy atom. The molecule has 1 amide bonds. The van der Waals surface area contributed by atoms with Crippen LogP contribution in [0.1, 0.15) is 67.6 Å². The van der Waals surface area contributed by atoms with E-state index in [2.05, 4.69) is 23.1 Å². The van der Waals surface area contributed by atoms with Crippen molar-refractivity contribution in [1.29, 1.82) is 0 Å². The topological polar surface area (TPSA) is 43.8 Å². The number of rotatable bonds is 5.